The average molecular weight is 281 g/mol. The third kappa shape index (κ3) is 3.61. The Hall–Kier alpha value is -1.74. The summed E-state index contributed by atoms with van der Waals surface area (Å²) in [6.07, 6.45) is 0. The number of aromatic nitrogens is 6. The maximum Gasteiger partial charge on any atom is 0.215 e. The van der Waals surface area contributed by atoms with Gasteiger partial charge in [-0.1, -0.05) is 0 Å². The summed E-state index contributed by atoms with van der Waals surface area (Å²) < 4.78 is 6.92. The van der Waals surface area contributed by atoms with Crippen molar-refractivity contribution in [3.05, 3.63) is 11.9 Å². The molecule has 0 amide bonds. The van der Waals surface area contributed by atoms with Crippen molar-refractivity contribution in [3.63, 3.8) is 0 Å². The fourth-order valence-corrected chi connectivity index (χ4v) is 2.07. The molecule has 2 aromatic heterocycles. The molecule has 9 heteroatoms. The first-order chi connectivity index (χ1) is 9.22. The molecule has 102 valence electrons. The summed E-state index contributed by atoms with van der Waals surface area (Å²) in [5, 5.41) is 15.7. The quantitative estimate of drug-likeness (QED) is 0.775. The maximum absolute atomic E-state index is 5.33. The molecule has 1 N–H and O–H groups in total. The third-order valence-corrected chi connectivity index (χ3v) is 3.16. The monoisotopic (exact) mass is 281 g/mol. The minimum absolute atomic E-state index is 0.386. The number of aryl methyl sites for hydroxylation is 1. The Morgan fingerprint density at radius 1 is 1.42 bits per heavy atom. The highest BCUT2D eigenvalue weighted by molar-refractivity contribution is 7.99. The van der Waals surface area contributed by atoms with Crippen molar-refractivity contribution >= 4 is 17.6 Å². The van der Waals surface area contributed by atoms with E-state index in [0.717, 1.165) is 10.8 Å². The van der Waals surface area contributed by atoms with Crippen molar-refractivity contribution in [1.82, 2.24) is 30.2 Å². The fourth-order valence-electron chi connectivity index (χ4n) is 1.31. The average Bonchev–Trinajstić information content (AvgIpc) is 2.81. The number of nitrogens with one attached hydrogen (secondary N) is 1. The lowest BCUT2D eigenvalue weighted by molar-refractivity contribution is 0.128. The highest BCUT2D eigenvalue weighted by atomic mass is 32.2. The SMILES string of the molecule is CCOCc1nc(NC)cc(Sc2nnnn2C)n1. The number of nitrogens with zero attached hydrogens (tertiary/aromatic N) is 6. The smallest absolute Gasteiger partial charge is 0.215 e. The summed E-state index contributed by atoms with van der Waals surface area (Å²) in [6.45, 7) is 2.95. The molecule has 0 radical (unpaired) electrons. The van der Waals surface area contributed by atoms with Crippen LogP contribution in [0.2, 0.25) is 0 Å². The summed E-state index contributed by atoms with van der Waals surface area (Å²) in [5.41, 5.74) is 0. The van der Waals surface area contributed by atoms with E-state index in [1.54, 1.807) is 11.7 Å². The van der Waals surface area contributed by atoms with E-state index in [4.69, 9.17) is 4.74 Å². The maximum atomic E-state index is 5.33. The van der Waals surface area contributed by atoms with Crippen LogP contribution in [0.25, 0.3) is 0 Å². The normalized spacial score (nSPS) is 10.7. The zero-order chi connectivity index (χ0) is 13.7. The van der Waals surface area contributed by atoms with Crippen molar-refractivity contribution in [2.75, 3.05) is 19.0 Å². The Morgan fingerprint density at radius 2 is 2.26 bits per heavy atom. The number of tetrazole rings is 1. The molecule has 2 rings (SSSR count). The van der Waals surface area contributed by atoms with Gasteiger partial charge in [0.15, 0.2) is 5.82 Å². The van der Waals surface area contributed by atoms with Crippen LogP contribution in [-0.2, 0) is 18.4 Å². The van der Waals surface area contributed by atoms with Gasteiger partial charge in [-0.15, -0.1) is 5.10 Å². The number of hydrogen-bond donors (Lipinski definition) is 1. The predicted octanol–water partition coefficient (Wildman–Crippen LogP) is 0.729. The number of hydrogen-bond acceptors (Lipinski definition) is 8. The molecule has 0 aliphatic heterocycles. The van der Waals surface area contributed by atoms with Crippen LogP contribution in [0, 0.1) is 0 Å². The van der Waals surface area contributed by atoms with E-state index in [0.29, 0.717) is 24.2 Å². The molecule has 0 atom stereocenters. The van der Waals surface area contributed by atoms with Gasteiger partial charge in [0.05, 0.1) is 0 Å². The number of ether oxygens (including phenoxy) is 1. The molecule has 0 saturated heterocycles. The number of anilines is 1. The molecule has 0 bridgehead atoms. The van der Waals surface area contributed by atoms with E-state index >= 15 is 0 Å². The molecular weight excluding hydrogens is 266 g/mol. The first kappa shape index (κ1) is 13.7. The van der Waals surface area contributed by atoms with Crippen LogP contribution in [0.1, 0.15) is 12.7 Å². The van der Waals surface area contributed by atoms with Gasteiger partial charge in [-0.25, -0.2) is 14.6 Å². The Morgan fingerprint density at radius 3 is 2.89 bits per heavy atom. The van der Waals surface area contributed by atoms with E-state index < -0.39 is 0 Å². The first-order valence-corrected chi connectivity index (χ1v) is 6.58. The molecule has 0 aliphatic rings. The topological polar surface area (TPSA) is 90.6 Å². The van der Waals surface area contributed by atoms with Crippen LogP contribution in [-0.4, -0.2) is 43.8 Å². The lowest BCUT2D eigenvalue weighted by Gasteiger charge is -2.06. The van der Waals surface area contributed by atoms with Crippen molar-refractivity contribution in [2.24, 2.45) is 7.05 Å². The molecule has 0 fully saturated rings. The summed E-state index contributed by atoms with van der Waals surface area (Å²) in [4.78, 5) is 8.73. The molecule has 2 heterocycles. The lowest BCUT2D eigenvalue weighted by Crippen LogP contribution is -2.04. The van der Waals surface area contributed by atoms with Crippen molar-refractivity contribution in [3.8, 4) is 0 Å². The Kier molecular flexibility index (Phi) is 4.63. The minimum atomic E-state index is 0.386. The van der Waals surface area contributed by atoms with Crippen LogP contribution >= 0.6 is 11.8 Å². The van der Waals surface area contributed by atoms with Crippen LogP contribution in [0.15, 0.2) is 16.2 Å². The Bertz CT molecular complexity index is 544. The molecule has 0 unspecified atom stereocenters. The third-order valence-electron chi connectivity index (χ3n) is 2.22. The van der Waals surface area contributed by atoms with E-state index in [-0.39, 0.29) is 0 Å². The molecule has 2 aromatic rings. The summed E-state index contributed by atoms with van der Waals surface area (Å²) >= 11 is 1.38. The van der Waals surface area contributed by atoms with Crippen LogP contribution < -0.4 is 5.32 Å². The summed E-state index contributed by atoms with van der Waals surface area (Å²) in [5.74, 6) is 1.37. The second-order valence-corrected chi connectivity index (χ2v) is 4.57. The van der Waals surface area contributed by atoms with Crippen molar-refractivity contribution < 1.29 is 4.74 Å². The van der Waals surface area contributed by atoms with Crippen molar-refractivity contribution in [1.29, 1.82) is 0 Å². The van der Waals surface area contributed by atoms with Gasteiger partial charge in [-0.05, 0) is 29.1 Å². The minimum Gasteiger partial charge on any atom is -0.374 e. The van der Waals surface area contributed by atoms with Gasteiger partial charge in [0, 0.05) is 26.8 Å². The highest BCUT2D eigenvalue weighted by Crippen LogP contribution is 2.24. The van der Waals surface area contributed by atoms with Gasteiger partial charge in [0.2, 0.25) is 5.16 Å². The number of rotatable bonds is 6. The second kappa shape index (κ2) is 6.43. The van der Waals surface area contributed by atoms with E-state index in [1.807, 2.05) is 20.0 Å². The van der Waals surface area contributed by atoms with Crippen LogP contribution in [0.3, 0.4) is 0 Å². The van der Waals surface area contributed by atoms with Gasteiger partial charge in [0.1, 0.15) is 17.5 Å². The van der Waals surface area contributed by atoms with Crippen LogP contribution in [0.5, 0.6) is 0 Å². The Labute approximate surface area is 115 Å². The molecule has 8 nitrogen and oxygen atoms in total. The lowest BCUT2D eigenvalue weighted by atomic mass is 10.5. The van der Waals surface area contributed by atoms with Gasteiger partial charge >= 0.3 is 0 Å². The fraction of sp³-hybridized carbons (Fsp3) is 0.500. The molecular formula is C10H15N7OS. The molecule has 0 spiro atoms. The molecule has 19 heavy (non-hydrogen) atoms. The van der Waals surface area contributed by atoms with Gasteiger partial charge < -0.3 is 10.1 Å². The van der Waals surface area contributed by atoms with Gasteiger partial charge in [-0.3, -0.25) is 0 Å². The van der Waals surface area contributed by atoms with Crippen LogP contribution in [0.4, 0.5) is 5.82 Å². The largest absolute Gasteiger partial charge is 0.374 e. The second-order valence-electron chi connectivity index (χ2n) is 3.58. The van der Waals surface area contributed by atoms with E-state index in [9.17, 15) is 0 Å². The molecule has 0 saturated carbocycles. The Balaban J connectivity index is 2.21. The van der Waals surface area contributed by atoms with Gasteiger partial charge in [-0.2, -0.15) is 0 Å². The predicted molar refractivity (Wildman–Crippen MR) is 69.8 cm³/mol. The summed E-state index contributed by atoms with van der Waals surface area (Å²) in [6, 6.07) is 1.84. The highest BCUT2D eigenvalue weighted by Gasteiger charge is 2.09. The zero-order valence-electron chi connectivity index (χ0n) is 11.0. The molecule has 0 aliphatic carbocycles. The van der Waals surface area contributed by atoms with Crippen molar-refractivity contribution in [2.45, 2.75) is 23.7 Å². The summed E-state index contributed by atoms with van der Waals surface area (Å²) in [7, 11) is 3.59. The van der Waals surface area contributed by atoms with E-state index in [1.165, 1.54) is 11.8 Å². The zero-order valence-corrected chi connectivity index (χ0v) is 11.8. The first-order valence-electron chi connectivity index (χ1n) is 5.76. The van der Waals surface area contributed by atoms with Gasteiger partial charge in [0.25, 0.3) is 0 Å². The van der Waals surface area contributed by atoms with E-state index in [2.05, 4.69) is 30.8 Å². The standard InChI is InChI=1S/C10H15N7OS/c1-4-18-6-8-12-7(11-2)5-9(13-8)19-10-14-15-16-17(10)3/h5H,4,6H2,1-3H3,(H,11,12,13). The molecule has 0 aromatic carbocycles.